The first kappa shape index (κ1) is 20.4. The molecule has 140 valence electrons. The molecule has 26 heavy (non-hydrogen) atoms. The van der Waals surface area contributed by atoms with E-state index in [4.69, 9.17) is 0 Å². The van der Waals surface area contributed by atoms with E-state index in [9.17, 15) is 9.59 Å². The van der Waals surface area contributed by atoms with Crippen LogP contribution in [0.15, 0.2) is 24.3 Å². The summed E-state index contributed by atoms with van der Waals surface area (Å²) >= 11 is 2.68. The maximum atomic E-state index is 12.2. The molecule has 0 fully saturated rings. The number of carbonyl (C=O) groups excluding carboxylic acids is 2. The van der Waals surface area contributed by atoms with Gasteiger partial charge < -0.3 is 5.32 Å². The van der Waals surface area contributed by atoms with Gasteiger partial charge in [-0.05, 0) is 31.9 Å². The molecule has 8 heteroatoms. The molecule has 0 aliphatic rings. The lowest BCUT2D eigenvalue weighted by molar-refractivity contribution is -0.115. The maximum absolute atomic E-state index is 12.2. The highest BCUT2D eigenvalue weighted by atomic mass is 32.2. The Labute approximate surface area is 162 Å². The van der Waals surface area contributed by atoms with Gasteiger partial charge in [0.25, 0.3) is 0 Å². The van der Waals surface area contributed by atoms with E-state index in [1.54, 1.807) is 6.92 Å². The number of hydrogen-bond donors (Lipinski definition) is 2. The van der Waals surface area contributed by atoms with E-state index in [2.05, 4.69) is 34.7 Å². The largest absolute Gasteiger partial charge is 0.325 e. The Bertz CT molecular complexity index is 744. The number of aromatic nitrogens is 2. The van der Waals surface area contributed by atoms with Crippen LogP contribution in [-0.2, 0) is 16.0 Å². The fourth-order valence-electron chi connectivity index (χ4n) is 2.05. The molecule has 2 N–H and O–H groups in total. The van der Waals surface area contributed by atoms with E-state index in [0.717, 1.165) is 22.7 Å². The second-order valence-electron chi connectivity index (χ2n) is 6.46. The van der Waals surface area contributed by atoms with E-state index in [-0.39, 0.29) is 22.8 Å². The van der Waals surface area contributed by atoms with Crippen LogP contribution in [0.2, 0.25) is 0 Å². The fourth-order valence-corrected chi connectivity index (χ4v) is 3.69. The van der Waals surface area contributed by atoms with Crippen molar-refractivity contribution in [3.05, 3.63) is 34.8 Å². The summed E-state index contributed by atoms with van der Waals surface area (Å²) in [5.74, 6) is 0.393. The number of hydrogen-bond acceptors (Lipinski definition) is 6. The number of nitrogens with one attached hydrogen (secondary N) is 2. The molecule has 1 aromatic heterocycles. The van der Waals surface area contributed by atoms with Crippen LogP contribution in [0.5, 0.6) is 0 Å². The SMILES string of the molecule is Cc1ccc(NC(=O)CSC(C)C(=O)Nc2nnc(CC(C)C)s2)cc1. The monoisotopic (exact) mass is 392 g/mol. The number of carbonyl (C=O) groups is 2. The van der Waals surface area contributed by atoms with Crippen molar-refractivity contribution in [3.63, 3.8) is 0 Å². The van der Waals surface area contributed by atoms with E-state index in [0.29, 0.717) is 11.0 Å². The molecule has 0 spiro atoms. The highest BCUT2D eigenvalue weighted by Gasteiger charge is 2.17. The summed E-state index contributed by atoms with van der Waals surface area (Å²) in [6.45, 7) is 7.99. The normalized spacial score (nSPS) is 12.0. The van der Waals surface area contributed by atoms with E-state index in [1.807, 2.05) is 31.2 Å². The summed E-state index contributed by atoms with van der Waals surface area (Å²) in [5.41, 5.74) is 1.89. The Morgan fingerprint density at radius 3 is 2.46 bits per heavy atom. The highest BCUT2D eigenvalue weighted by molar-refractivity contribution is 8.01. The molecule has 0 radical (unpaired) electrons. The van der Waals surface area contributed by atoms with E-state index < -0.39 is 0 Å². The minimum Gasteiger partial charge on any atom is -0.325 e. The minimum absolute atomic E-state index is 0.131. The van der Waals surface area contributed by atoms with Gasteiger partial charge >= 0.3 is 0 Å². The van der Waals surface area contributed by atoms with E-state index in [1.165, 1.54) is 23.1 Å². The van der Waals surface area contributed by atoms with Crippen LogP contribution in [0.3, 0.4) is 0 Å². The molecule has 2 amide bonds. The average Bonchev–Trinajstić information content (AvgIpc) is 3.00. The van der Waals surface area contributed by atoms with Crippen molar-refractivity contribution in [2.45, 2.75) is 39.4 Å². The molecular formula is C18H24N4O2S2. The van der Waals surface area contributed by atoms with Gasteiger partial charge in [0.15, 0.2) is 0 Å². The van der Waals surface area contributed by atoms with Crippen LogP contribution in [-0.4, -0.2) is 33.0 Å². The van der Waals surface area contributed by atoms with Crippen molar-refractivity contribution in [3.8, 4) is 0 Å². The lowest BCUT2D eigenvalue weighted by Crippen LogP contribution is -2.25. The molecule has 2 aromatic rings. The molecule has 1 atom stereocenters. The number of anilines is 2. The Balaban J connectivity index is 1.76. The first-order valence-corrected chi connectivity index (χ1v) is 10.3. The Hall–Kier alpha value is -1.93. The van der Waals surface area contributed by atoms with Crippen molar-refractivity contribution in [1.82, 2.24) is 10.2 Å². The van der Waals surface area contributed by atoms with Gasteiger partial charge in [0.1, 0.15) is 5.01 Å². The molecule has 6 nitrogen and oxygen atoms in total. The third kappa shape index (κ3) is 6.76. The average molecular weight is 393 g/mol. The van der Waals surface area contributed by atoms with Gasteiger partial charge in [0.05, 0.1) is 11.0 Å². The first-order chi connectivity index (χ1) is 12.3. The summed E-state index contributed by atoms with van der Waals surface area (Å²) in [7, 11) is 0. The number of nitrogens with zero attached hydrogens (tertiary/aromatic N) is 2. The lowest BCUT2D eigenvalue weighted by atomic mass is 10.1. The predicted octanol–water partition coefficient (Wildman–Crippen LogP) is 3.74. The molecule has 0 saturated heterocycles. The first-order valence-electron chi connectivity index (χ1n) is 8.45. The molecule has 1 unspecified atom stereocenters. The van der Waals surface area contributed by atoms with Crippen molar-refractivity contribution >= 4 is 45.7 Å². The summed E-state index contributed by atoms with van der Waals surface area (Å²) in [5, 5.41) is 14.7. The summed E-state index contributed by atoms with van der Waals surface area (Å²) < 4.78 is 0. The zero-order valence-corrected chi connectivity index (χ0v) is 17.0. The second kappa shape index (κ2) is 9.68. The van der Waals surface area contributed by atoms with Gasteiger partial charge in [0, 0.05) is 12.1 Å². The van der Waals surface area contributed by atoms with Crippen LogP contribution < -0.4 is 10.6 Å². The van der Waals surface area contributed by atoms with Crippen LogP contribution >= 0.6 is 23.1 Å². The van der Waals surface area contributed by atoms with Gasteiger partial charge in [-0.15, -0.1) is 22.0 Å². The molecule has 0 saturated carbocycles. The van der Waals surface area contributed by atoms with Gasteiger partial charge in [-0.3, -0.25) is 14.9 Å². The molecule has 1 aromatic carbocycles. The van der Waals surface area contributed by atoms with Gasteiger partial charge in [-0.25, -0.2) is 0 Å². The lowest BCUT2D eigenvalue weighted by Gasteiger charge is -2.10. The molecular weight excluding hydrogens is 368 g/mol. The molecule has 1 heterocycles. The third-order valence-electron chi connectivity index (χ3n) is 3.45. The molecule has 2 rings (SSSR count). The van der Waals surface area contributed by atoms with Gasteiger partial charge in [-0.2, -0.15) is 0 Å². The number of benzene rings is 1. The summed E-state index contributed by atoms with van der Waals surface area (Å²) in [6, 6.07) is 7.60. The topological polar surface area (TPSA) is 84.0 Å². The fraction of sp³-hybridized carbons (Fsp3) is 0.444. The van der Waals surface area contributed by atoms with Crippen LogP contribution in [0.25, 0.3) is 0 Å². The Morgan fingerprint density at radius 1 is 1.12 bits per heavy atom. The Kier molecular flexibility index (Phi) is 7.59. The standard InChI is InChI=1S/C18H24N4O2S2/c1-11(2)9-16-21-22-18(26-16)20-17(24)13(4)25-10-15(23)19-14-7-5-12(3)6-8-14/h5-8,11,13H,9-10H2,1-4H3,(H,19,23)(H,20,22,24). The van der Waals surface area contributed by atoms with Crippen molar-refractivity contribution in [1.29, 1.82) is 0 Å². The highest BCUT2D eigenvalue weighted by Crippen LogP contribution is 2.20. The summed E-state index contributed by atoms with van der Waals surface area (Å²) in [4.78, 5) is 24.2. The van der Waals surface area contributed by atoms with Gasteiger partial charge in [-0.1, -0.05) is 42.9 Å². The smallest absolute Gasteiger partial charge is 0.239 e. The molecule has 0 aliphatic heterocycles. The van der Waals surface area contributed by atoms with Crippen LogP contribution in [0.1, 0.15) is 31.3 Å². The predicted molar refractivity (Wildman–Crippen MR) is 109 cm³/mol. The number of aryl methyl sites for hydroxylation is 1. The summed E-state index contributed by atoms with van der Waals surface area (Å²) in [6.07, 6.45) is 0.844. The maximum Gasteiger partial charge on any atom is 0.239 e. The minimum atomic E-state index is -0.365. The number of rotatable bonds is 8. The van der Waals surface area contributed by atoms with E-state index >= 15 is 0 Å². The van der Waals surface area contributed by atoms with Crippen molar-refractivity contribution in [2.24, 2.45) is 5.92 Å². The number of amides is 2. The Morgan fingerprint density at radius 2 is 1.81 bits per heavy atom. The van der Waals surface area contributed by atoms with Crippen LogP contribution in [0, 0.1) is 12.8 Å². The third-order valence-corrected chi connectivity index (χ3v) is 5.45. The molecule has 0 aliphatic carbocycles. The molecule has 0 bridgehead atoms. The zero-order valence-electron chi connectivity index (χ0n) is 15.4. The van der Waals surface area contributed by atoms with Crippen molar-refractivity contribution in [2.75, 3.05) is 16.4 Å². The van der Waals surface area contributed by atoms with Crippen LogP contribution in [0.4, 0.5) is 10.8 Å². The quantitative estimate of drug-likeness (QED) is 0.715. The number of thioether (sulfide) groups is 1. The second-order valence-corrected chi connectivity index (χ2v) is 8.85. The van der Waals surface area contributed by atoms with Crippen molar-refractivity contribution < 1.29 is 9.59 Å². The zero-order chi connectivity index (χ0) is 19.1. The van der Waals surface area contributed by atoms with Gasteiger partial charge in [0.2, 0.25) is 16.9 Å².